The fourth-order valence-electron chi connectivity index (χ4n) is 1.70. The van der Waals surface area contributed by atoms with E-state index in [1.807, 2.05) is 0 Å². The molecule has 0 aliphatic heterocycles. The Morgan fingerprint density at radius 3 is 2.93 bits per heavy atom. The Hall–Kier alpha value is -0.890. The van der Waals surface area contributed by atoms with Crippen LogP contribution >= 0.6 is 0 Å². The summed E-state index contributed by atoms with van der Waals surface area (Å²) in [7, 11) is 0.334. The highest BCUT2D eigenvalue weighted by atomic mass is 32.2. The van der Waals surface area contributed by atoms with Crippen molar-refractivity contribution in [1.29, 1.82) is 5.26 Å². The number of carbonyl (C=O) groups is 1. The molecule has 0 radical (unpaired) electrons. The van der Waals surface area contributed by atoms with Crippen molar-refractivity contribution in [2.24, 2.45) is 5.92 Å². The Morgan fingerprint density at radius 2 is 2.36 bits per heavy atom. The van der Waals surface area contributed by atoms with Crippen LogP contribution in [-0.2, 0) is 15.6 Å². The van der Waals surface area contributed by atoms with Gasteiger partial charge in [0, 0.05) is 17.8 Å². The molecule has 1 N–H and O–H groups in total. The van der Waals surface area contributed by atoms with Gasteiger partial charge in [-0.15, -0.1) is 0 Å². The first kappa shape index (κ1) is 11.2. The third kappa shape index (κ3) is 2.55. The van der Waals surface area contributed by atoms with E-state index in [4.69, 9.17) is 5.26 Å². The Balaban J connectivity index is 2.52. The zero-order valence-electron chi connectivity index (χ0n) is 8.16. The summed E-state index contributed by atoms with van der Waals surface area (Å²) < 4.78 is 11.7. The lowest BCUT2D eigenvalue weighted by atomic mass is 10.1. The summed E-state index contributed by atoms with van der Waals surface area (Å²) in [5.74, 6) is -0.313. The molecule has 78 valence electrons. The summed E-state index contributed by atoms with van der Waals surface area (Å²) >= 11 is 0. The molecule has 1 rings (SSSR count). The van der Waals surface area contributed by atoms with Crippen molar-refractivity contribution in [2.75, 3.05) is 12.8 Å². The minimum absolute atomic E-state index is 0.0271. The fraction of sp³-hybridized carbons (Fsp3) is 0.778. The van der Waals surface area contributed by atoms with Crippen LogP contribution in [-0.4, -0.2) is 28.2 Å². The van der Waals surface area contributed by atoms with E-state index in [-0.39, 0.29) is 22.8 Å². The van der Waals surface area contributed by atoms with Crippen LogP contribution < -0.4 is 5.32 Å². The first-order valence-corrected chi connectivity index (χ1v) is 6.04. The Kier molecular flexibility index (Phi) is 4.08. The number of nitriles is 1. The lowest BCUT2D eigenvalue weighted by molar-refractivity contribution is -0.118. The molecule has 0 bridgehead atoms. The van der Waals surface area contributed by atoms with Crippen LogP contribution in [0.4, 0.5) is 0 Å². The molecule has 1 saturated carbocycles. The van der Waals surface area contributed by atoms with E-state index >= 15 is 0 Å². The van der Waals surface area contributed by atoms with Gasteiger partial charge >= 0.3 is 0 Å². The average Bonchev–Trinajstić information content (AvgIpc) is 2.65. The van der Waals surface area contributed by atoms with Crippen molar-refractivity contribution in [3.63, 3.8) is 0 Å². The van der Waals surface area contributed by atoms with Gasteiger partial charge in [0.05, 0.1) is 17.2 Å². The standard InChI is InChI=1S/C9H14N2O2S/c1-11-9(12)6-14(13)8-4-2-3-7(8)5-10/h7-8H,2-4,6H2,1H3,(H,11,12). The molecule has 0 aromatic carbocycles. The molecular formula is C9H14N2O2S. The average molecular weight is 214 g/mol. The predicted octanol–water partition coefficient (Wildman–Crippen LogP) is 0.173. The maximum atomic E-state index is 11.7. The van der Waals surface area contributed by atoms with E-state index in [0.717, 1.165) is 19.3 Å². The Bertz CT molecular complexity index is 285. The predicted molar refractivity (Wildman–Crippen MR) is 53.8 cm³/mol. The quantitative estimate of drug-likeness (QED) is 0.728. The van der Waals surface area contributed by atoms with Crippen molar-refractivity contribution in [3.05, 3.63) is 0 Å². The summed E-state index contributed by atoms with van der Waals surface area (Å²) in [5.41, 5.74) is 0. The van der Waals surface area contributed by atoms with Crippen LogP contribution in [0.1, 0.15) is 19.3 Å². The second-order valence-electron chi connectivity index (χ2n) is 3.40. The zero-order chi connectivity index (χ0) is 10.6. The highest BCUT2D eigenvalue weighted by Gasteiger charge is 2.32. The molecule has 0 spiro atoms. The number of nitrogens with zero attached hydrogens (tertiary/aromatic N) is 1. The Labute approximate surface area is 86.1 Å². The fourth-order valence-corrected chi connectivity index (χ4v) is 3.31. The molecule has 0 aromatic heterocycles. The van der Waals surface area contributed by atoms with Gasteiger partial charge in [-0.05, 0) is 12.8 Å². The van der Waals surface area contributed by atoms with Gasteiger partial charge in [0.2, 0.25) is 5.91 Å². The molecule has 4 nitrogen and oxygen atoms in total. The van der Waals surface area contributed by atoms with Crippen molar-refractivity contribution >= 4 is 16.7 Å². The van der Waals surface area contributed by atoms with Crippen molar-refractivity contribution in [3.8, 4) is 6.07 Å². The van der Waals surface area contributed by atoms with Crippen LogP contribution in [0.3, 0.4) is 0 Å². The van der Waals surface area contributed by atoms with E-state index in [1.165, 1.54) is 7.05 Å². The maximum absolute atomic E-state index is 11.7. The molecular weight excluding hydrogens is 200 g/mol. The SMILES string of the molecule is CNC(=O)CS(=O)C1CCCC1C#N. The highest BCUT2D eigenvalue weighted by Crippen LogP contribution is 2.29. The van der Waals surface area contributed by atoms with E-state index in [9.17, 15) is 9.00 Å². The van der Waals surface area contributed by atoms with Gasteiger partial charge in [-0.25, -0.2) is 0 Å². The van der Waals surface area contributed by atoms with Crippen molar-refractivity contribution in [1.82, 2.24) is 5.32 Å². The van der Waals surface area contributed by atoms with Gasteiger partial charge in [0.15, 0.2) is 0 Å². The summed E-state index contributed by atoms with van der Waals surface area (Å²) in [6.45, 7) is 0. The summed E-state index contributed by atoms with van der Waals surface area (Å²) in [6, 6.07) is 2.16. The van der Waals surface area contributed by atoms with Gasteiger partial charge in [0.25, 0.3) is 0 Å². The van der Waals surface area contributed by atoms with Crippen LogP contribution in [0.2, 0.25) is 0 Å². The summed E-state index contributed by atoms with van der Waals surface area (Å²) in [6.07, 6.45) is 2.57. The zero-order valence-corrected chi connectivity index (χ0v) is 8.97. The number of nitrogens with one attached hydrogen (secondary N) is 1. The van der Waals surface area contributed by atoms with Gasteiger partial charge in [0.1, 0.15) is 5.75 Å². The van der Waals surface area contributed by atoms with Crippen LogP contribution in [0, 0.1) is 17.2 Å². The largest absolute Gasteiger partial charge is 0.358 e. The molecule has 1 aliphatic carbocycles. The van der Waals surface area contributed by atoms with E-state index in [2.05, 4.69) is 11.4 Å². The number of hydrogen-bond donors (Lipinski definition) is 1. The number of rotatable bonds is 3. The van der Waals surface area contributed by atoms with E-state index < -0.39 is 10.8 Å². The molecule has 1 amide bonds. The molecule has 0 saturated heterocycles. The van der Waals surface area contributed by atoms with E-state index in [1.54, 1.807) is 0 Å². The Morgan fingerprint density at radius 1 is 1.64 bits per heavy atom. The number of amides is 1. The molecule has 1 aliphatic rings. The topological polar surface area (TPSA) is 70.0 Å². The van der Waals surface area contributed by atoms with Crippen LogP contribution in [0.5, 0.6) is 0 Å². The van der Waals surface area contributed by atoms with Gasteiger partial charge in [-0.3, -0.25) is 9.00 Å². The first-order valence-electron chi connectivity index (χ1n) is 4.66. The molecule has 5 heteroatoms. The molecule has 0 aromatic rings. The van der Waals surface area contributed by atoms with Gasteiger partial charge in [-0.1, -0.05) is 6.42 Å². The molecule has 3 atom stereocenters. The van der Waals surface area contributed by atoms with Gasteiger partial charge < -0.3 is 5.32 Å². The lowest BCUT2D eigenvalue weighted by Gasteiger charge is -2.11. The third-order valence-corrected chi connectivity index (χ3v) is 4.29. The monoisotopic (exact) mass is 214 g/mol. The molecule has 14 heavy (non-hydrogen) atoms. The number of carbonyl (C=O) groups excluding carboxylic acids is 1. The lowest BCUT2D eigenvalue weighted by Crippen LogP contribution is -2.30. The highest BCUT2D eigenvalue weighted by molar-refractivity contribution is 7.86. The third-order valence-electron chi connectivity index (χ3n) is 2.51. The molecule has 3 unspecified atom stereocenters. The minimum Gasteiger partial charge on any atom is -0.358 e. The molecule has 0 heterocycles. The second-order valence-corrected chi connectivity index (χ2v) is 5.06. The van der Waals surface area contributed by atoms with Crippen LogP contribution in [0.25, 0.3) is 0 Å². The maximum Gasteiger partial charge on any atom is 0.232 e. The number of hydrogen-bond acceptors (Lipinski definition) is 3. The summed E-state index contributed by atoms with van der Waals surface area (Å²) in [5, 5.41) is 11.1. The second kappa shape index (κ2) is 5.11. The smallest absolute Gasteiger partial charge is 0.232 e. The summed E-state index contributed by atoms with van der Waals surface area (Å²) in [4.78, 5) is 11.0. The normalized spacial score (nSPS) is 28.0. The van der Waals surface area contributed by atoms with Crippen molar-refractivity contribution < 1.29 is 9.00 Å². The first-order chi connectivity index (χ1) is 6.69. The van der Waals surface area contributed by atoms with E-state index in [0.29, 0.717) is 0 Å². The minimum atomic E-state index is -1.19. The molecule has 1 fully saturated rings. The van der Waals surface area contributed by atoms with Gasteiger partial charge in [-0.2, -0.15) is 5.26 Å². The van der Waals surface area contributed by atoms with Crippen LogP contribution in [0.15, 0.2) is 0 Å². The van der Waals surface area contributed by atoms with Crippen molar-refractivity contribution in [2.45, 2.75) is 24.5 Å².